The molecule has 0 bridgehead atoms. The summed E-state index contributed by atoms with van der Waals surface area (Å²) >= 11 is 3.32. The van der Waals surface area contributed by atoms with E-state index in [9.17, 15) is 0 Å². The molecule has 0 amide bonds. The second-order valence-electron chi connectivity index (χ2n) is 4.51. The van der Waals surface area contributed by atoms with E-state index < -0.39 is 0 Å². The number of hydrogen-bond donors (Lipinski definition) is 0. The van der Waals surface area contributed by atoms with Crippen molar-refractivity contribution in [3.8, 4) is 5.75 Å². The van der Waals surface area contributed by atoms with Gasteiger partial charge in [-0.05, 0) is 66.5 Å². The third-order valence-corrected chi connectivity index (χ3v) is 3.81. The molecule has 1 aromatic rings. The standard InChI is InChI=1S/C13H19BrN2O/c1-2-16-7-5-11(6-8-16)10-17-12-3-4-13(14)15-9-12/h3-4,9,11H,2,5-8,10H2,1H3. The van der Waals surface area contributed by atoms with Crippen LogP contribution in [0.3, 0.4) is 0 Å². The number of nitrogens with zero attached hydrogens (tertiary/aromatic N) is 2. The summed E-state index contributed by atoms with van der Waals surface area (Å²) in [5.74, 6) is 1.56. The highest BCUT2D eigenvalue weighted by Crippen LogP contribution is 2.19. The second kappa shape index (κ2) is 6.36. The van der Waals surface area contributed by atoms with E-state index in [0.717, 1.165) is 17.0 Å². The third-order valence-electron chi connectivity index (χ3n) is 3.34. The fourth-order valence-electron chi connectivity index (χ4n) is 2.13. The largest absolute Gasteiger partial charge is 0.492 e. The number of pyridine rings is 1. The van der Waals surface area contributed by atoms with Crippen molar-refractivity contribution < 1.29 is 4.74 Å². The minimum Gasteiger partial charge on any atom is -0.492 e. The number of aromatic nitrogens is 1. The minimum absolute atomic E-state index is 0.696. The van der Waals surface area contributed by atoms with E-state index in [-0.39, 0.29) is 0 Å². The quantitative estimate of drug-likeness (QED) is 0.799. The number of hydrogen-bond acceptors (Lipinski definition) is 3. The molecule has 0 spiro atoms. The van der Waals surface area contributed by atoms with E-state index in [1.165, 1.54) is 32.5 Å². The molecule has 2 heterocycles. The maximum atomic E-state index is 5.77. The molecule has 1 fully saturated rings. The van der Waals surface area contributed by atoms with Gasteiger partial charge >= 0.3 is 0 Å². The average Bonchev–Trinajstić information content (AvgIpc) is 2.39. The number of halogens is 1. The molecule has 1 aliphatic heterocycles. The zero-order valence-electron chi connectivity index (χ0n) is 10.2. The number of likely N-dealkylation sites (tertiary alicyclic amines) is 1. The van der Waals surface area contributed by atoms with Crippen molar-refractivity contribution in [3.05, 3.63) is 22.9 Å². The Kier molecular flexibility index (Phi) is 4.80. The number of rotatable bonds is 4. The summed E-state index contributed by atoms with van der Waals surface area (Å²) in [6.07, 6.45) is 4.26. The molecule has 0 unspecified atom stereocenters. The van der Waals surface area contributed by atoms with Crippen LogP contribution in [0.4, 0.5) is 0 Å². The molecule has 0 radical (unpaired) electrons. The topological polar surface area (TPSA) is 25.4 Å². The highest BCUT2D eigenvalue weighted by Gasteiger charge is 2.18. The van der Waals surface area contributed by atoms with Crippen LogP contribution in [-0.2, 0) is 0 Å². The SMILES string of the molecule is CCN1CCC(COc2ccc(Br)nc2)CC1. The second-order valence-corrected chi connectivity index (χ2v) is 5.32. The maximum absolute atomic E-state index is 5.77. The molecule has 0 aliphatic carbocycles. The van der Waals surface area contributed by atoms with Gasteiger partial charge < -0.3 is 9.64 Å². The van der Waals surface area contributed by atoms with Crippen LogP contribution in [0.5, 0.6) is 5.75 Å². The lowest BCUT2D eigenvalue weighted by Crippen LogP contribution is -2.35. The predicted molar refractivity (Wildman–Crippen MR) is 72.3 cm³/mol. The van der Waals surface area contributed by atoms with Gasteiger partial charge in [0.1, 0.15) is 10.4 Å². The van der Waals surface area contributed by atoms with Crippen molar-refractivity contribution in [2.75, 3.05) is 26.2 Å². The molecule has 2 rings (SSSR count). The van der Waals surface area contributed by atoms with Gasteiger partial charge in [0, 0.05) is 0 Å². The van der Waals surface area contributed by atoms with E-state index in [1.807, 2.05) is 12.1 Å². The minimum atomic E-state index is 0.696. The van der Waals surface area contributed by atoms with E-state index in [1.54, 1.807) is 6.20 Å². The first-order chi connectivity index (χ1) is 8.28. The van der Waals surface area contributed by atoms with Gasteiger partial charge in [-0.2, -0.15) is 0 Å². The fourth-order valence-corrected chi connectivity index (χ4v) is 2.37. The van der Waals surface area contributed by atoms with Crippen molar-refractivity contribution in [3.63, 3.8) is 0 Å². The molecule has 94 valence electrons. The highest BCUT2D eigenvalue weighted by atomic mass is 79.9. The first kappa shape index (κ1) is 12.8. The molecular formula is C13H19BrN2O. The van der Waals surface area contributed by atoms with Gasteiger partial charge in [-0.25, -0.2) is 4.98 Å². The van der Waals surface area contributed by atoms with Crippen LogP contribution in [0, 0.1) is 5.92 Å². The van der Waals surface area contributed by atoms with E-state index >= 15 is 0 Å². The lowest BCUT2D eigenvalue weighted by molar-refractivity contribution is 0.145. The average molecular weight is 299 g/mol. The van der Waals surface area contributed by atoms with Crippen molar-refractivity contribution in [2.24, 2.45) is 5.92 Å². The Hall–Kier alpha value is -0.610. The molecular weight excluding hydrogens is 280 g/mol. The van der Waals surface area contributed by atoms with Gasteiger partial charge in [0.2, 0.25) is 0 Å². The van der Waals surface area contributed by atoms with Crippen LogP contribution in [0.25, 0.3) is 0 Å². The summed E-state index contributed by atoms with van der Waals surface area (Å²) in [6, 6.07) is 3.87. The molecule has 1 aliphatic rings. The van der Waals surface area contributed by atoms with Gasteiger partial charge in [0.25, 0.3) is 0 Å². The summed E-state index contributed by atoms with van der Waals surface area (Å²) < 4.78 is 6.62. The van der Waals surface area contributed by atoms with Crippen LogP contribution in [-0.4, -0.2) is 36.1 Å². The Morgan fingerprint density at radius 2 is 2.18 bits per heavy atom. The summed E-state index contributed by atoms with van der Waals surface area (Å²) in [6.45, 7) is 6.64. The molecule has 0 saturated carbocycles. The molecule has 1 saturated heterocycles. The van der Waals surface area contributed by atoms with Gasteiger partial charge in [-0.15, -0.1) is 0 Å². The van der Waals surface area contributed by atoms with E-state index in [2.05, 4.69) is 32.7 Å². The van der Waals surface area contributed by atoms with Crippen LogP contribution >= 0.6 is 15.9 Å². The Bertz CT molecular complexity index is 334. The summed E-state index contributed by atoms with van der Waals surface area (Å²) in [5.41, 5.74) is 0. The Morgan fingerprint density at radius 1 is 1.41 bits per heavy atom. The highest BCUT2D eigenvalue weighted by molar-refractivity contribution is 9.10. The normalized spacial score (nSPS) is 18.2. The predicted octanol–water partition coefficient (Wildman–Crippen LogP) is 2.95. The van der Waals surface area contributed by atoms with Crippen LogP contribution < -0.4 is 4.74 Å². The van der Waals surface area contributed by atoms with Crippen molar-refractivity contribution >= 4 is 15.9 Å². The lowest BCUT2D eigenvalue weighted by Gasteiger charge is -2.30. The zero-order valence-corrected chi connectivity index (χ0v) is 11.8. The summed E-state index contributed by atoms with van der Waals surface area (Å²) in [4.78, 5) is 6.65. The molecule has 0 N–H and O–H groups in total. The van der Waals surface area contributed by atoms with Crippen LogP contribution in [0.1, 0.15) is 19.8 Å². The van der Waals surface area contributed by atoms with Gasteiger partial charge in [-0.1, -0.05) is 6.92 Å². The molecule has 4 heteroatoms. The van der Waals surface area contributed by atoms with Gasteiger partial charge in [0.15, 0.2) is 0 Å². The van der Waals surface area contributed by atoms with Crippen molar-refractivity contribution in [1.82, 2.24) is 9.88 Å². The molecule has 0 aromatic carbocycles. The van der Waals surface area contributed by atoms with E-state index in [0.29, 0.717) is 5.92 Å². The molecule has 17 heavy (non-hydrogen) atoms. The fraction of sp³-hybridized carbons (Fsp3) is 0.615. The first-order valence-corrected chi connectivity index (χ1v) is 7.04. The zero-order chi connectivity index (χ0) is 12.1. The number of piperidine rings is 1. The summed E-state index contributed by atoms with van der Waals surface area (Å²) in [5, 5.41) is 0. The van der Waals surface area contributed by atoms with Crippen LogP contribution in [0.2, 0.25) is 0 Å². The Balaban J connectivity index is 1.74. The van der Waals surface area contributed by atoms with Crippen LogP contribution in [0.15, 0.2) is 22.9 Å². The van der Waals surface area contributed by atoms with Crippen molar-refractivity contribution in [2.45, 2.75) is 19.8 Å². The maximum Gasteiger partial charge on any atom is 0.137 e. The molecule has 1 aromatic heterocycles. The Morgan fingerprint density at radius 3 is 2.76 bits per heavy atom. The summed E-state index contributed by atoms with van der Waals surface area (Å²) in [7, 11) is 0. The lowest BCUT2D eigenvalue weighted by atomic mass is 9.98. The molecule has 3 nitrogen and oxygen atoms in total. The van der Waals surface area contributed by atoms with Gasteiger partial charge in [-0.3, -0.25) is 0 Å². The van der Waals surface area contributed by atoms with E-state index in [4.69, 9.17) is 4.74 Å². The molecule has 0 atom stereocenters. The van der Waals surface area contributed by atoms with Gasteiger partial charge in [0.05, 0.1) is 12.8 Å². The number of ether oxygens (including phenoxy) is 1. The Labute approximate surface area is 111 Å². The monoisotopic (exact) mass is 298 g/mol. The smallest absolute Gasteiger partial charge is 0.137 e. The first-order valence-electron chi connectivity index (χ1n) is 6.24. The third kappa shape index (κ3) is 3.96. The van der Waals surface area contributed by atoms with Crippen molar-refractivity contribution in [1.29, 1.82) is 0 Å².